The van der Waals surface area contributed by atoms with Crippen LogP contribution in [0.15, 0.2) is 88.7 Å². The van der Waals surface area contributed by atoms with Crippen molar-refractivity contribution < 1.29 is 9.18 Å². The van der Waals surface area contributed by atoms with Crippen molar-refractivity contribution in [3.8, 4) is 0 Å². The molecule has 8 nitrogen and oxygen atoms in total. The number of benzene rings is 2. The molecular formula is C32H33Cl2FN6O2S. The number of thioether (sulfide) groups is 1. The lowest BCUT2D eigenvalue weighted by molar-refractivity contribution is -0.131. The first-order valence-corrected chi connectivity index (χ1v) is 16.0. The van der Waals surface area contributed by atoms with Crippen molar-refractivity contribution in [1.29, 1.82) is 0 Å². The summed E-state index contributed by atoms with van der Waals surface area (Å²) >= 11 is 13.8. The number of anilines is 1. The van der Waals surface area contributed by atoms with Gasteiger partial charge in [0.2, 0.25) is 5.91 Å². The van der Waals surface area contributed by atoms with Crippen LogP contribution in [0.4, 0.5) is 10.1 Å². The number of hydrogen-bond donors (Lipinski definition) is 0. The summed E-state index contributed by atoms with van der Waals surface area (Å²) in [6.45, 7) is 7.49. The van der Waals surface area contributed by atoms with Gasteiger partial charge in [-0.25, -0.2) is 19.2 Å². The molecular weight excluding hydrogens is 622 g/mol. The lowest BCUT2D eigenvalue weighted by Crippen LogP contribution is -2.48. The van der Waals surface area contributed by atoms with Crippen LogP contribution < -0.4 is 10.6 Å². The summed E-state index contributed by atoms with van der Waals surface area (Å²) in [4.78, 5) is 39.8. The Kier molecular flexibility index (Phi) is 10.5. The number of aromatic nitrogens is 2. The first kappa shape index (κ1) is 31.8. The maximum absolute atomic E-state index is 13.4. The normalized spacial score (nSPS) is 15.4. The number of halogens is 3. The minimum Gasteiger partial charge on any atom is -0.368 e. The van der Waals surface area contributed by atoms with Crippen LogP contribution in [0.1, 0.15) is 24.0 Å². The Hall–Kier alpha value is -3.60. The van der Waals surface area contributed by atoms with Gasteiger partial charge in [0.1, 0.15) is 5.82 Å². The van der Waals surface area contributed by atoms with E-state index in [0.717, 1.165) is 40.6 Å². The van der Waals surface area contributed by atoms with E-state index in [2.05, 4.69) is 21.4 Å². The van der Waals surface area contributed by atoms with E-state index in [0.29, 0.717) is 60.4 Å². The van der Waals surface area contributed by atoms with Crippen LogP contribution in [0, 0.1) is 5.82 Å². The molecule has 1 amide bonds. The van der Waals surface area contributed by atoms with Crippen molar-refractivity contribution in [2.24, 2.45) is 12.0 Å². The summed E-state index contributed by atoms with van der Waals surface area (Å²) in [5.74, 6) is 0.460. The SMILES string of the molecule is C=C1N=C(SCc2ccc(F)cc2)N(CCCC(=O)N2CCN(c3ccc(Cl)c(Cl)c3)CC2)C=C1Cc1cnc(=O)n(C)c1. The summed E-state index contributed by atoms with van der Waals surface area (Å²) in [5, 5.41) is 1.81. The molecule has 2 aromatic carbocycles. The molecule has 2 aliphatic rings. The average molecular weight is 656 g/mol. The molecule has 1 aromatic heterocycles. The van der Waals surface area contributed by atoms with Crippen LogP contribution in [-0.2, 0) is 24.0 Å². The molecule has 0 bridgehead atoms. The van der Waals surface area contributed by atoms with E-state index in [1.54, 1.807) is 37.6 Å². The fourth-order valence-corrected chi connectivity index (χ4v) is 6.32. The molecule has 0 N–H and O–H groups in total. The fourth-order valence-electron chi connectivity index (χ4n) is 5.05. The molecule has 3 heterocycles. The predicted octanol–water partition coefficient (Wildman–Crippen LogP) is 5.90. The molecule has 3 aromatic rings. The van der Waals surface area contributed by atoms with E-state index >= 15 is 0 Å². The monoisotopic (exact) mass is 654 g/mol. The number of aryl methyl sites for hydroxylation is 1. The molecule has 0 unspecified atom stereocenters. The summed E-state index contributed by atoms with van der Waals surface area (Å²) in [5.41, 5.74) is 4.07. The van der Waals surface area contributed by atoms with Crippen molar-refractivity contribution in [3.05, 3.63) is 116 Å². The lowest BCUT2D eigenvalue weighted by atomic mass is 10.1. The van der Waals surface area contributed by atoms with Gasteiger partial charge in [0.25, 0.3) is 0 Å². The van der Waals surface area contributed by atoms with Crippen LogP contribution in [0.25, 0.3) is 0 Å². The minimum absolute atomic E-state index is 0.123. The Morgan fingerprint density at radius 1 is 1.05 bits per heavy atom. The van der Waals surface area contributed by atoms with Crippen molar-refractivity contribution in [2.75, 3.05) is 37.6 Å². The van der Waals surface area contributed by atoms with Gasteiger partial charge in [-0.3, -0.25) is 4.79 Å². The second-order valence-corrected chi connectivity index (χ2v) is 12.5. The third kappa shape index (κ3) is 8.11. The molecule has 5 rings (SSSR count). The molecule has 2 aliphatic heterocycles. The van der Waals surface area contributed by atoms with Crippen LogP contribution in [0.2, 0.25) is 10.0 Å². The maximum Gasteiger partial charge on any atom is 0.347 e. The van der Waals surface area contributed by atoms with Gasteiger partial charge in [0.15, 0.2) is 5.17 Å². The molecule has 0 saturated carbocycles. The highest BCUT2D eigenvalue weighted by Gasteiger charge is 2.23. The lowest BCUT2D eigenvalue weighted by Gasteiger charge is -2.36. The van der Waals surface area contributed by atoms with E-state index in [-0.39, 0.29) is 17.4 Å². The number of piperazine rings is 1. The van der Waals surface area contributed by atoms with Crippen molar-refractivity contribution in [3.63, 3.8) is 0 Å². The zero-order chi connectivity index (χ0) is 31.2. The second-order valence-electron chi connectivity index (χ2n) is 10.7. The summed E-state index contributed by atoms with van der Waals surface area (Å²) in [7, 11) is 1.67. The highest BCUT2D eigenvalue weighted by molar-refractivity contribution is 8.13. The van der Waals surface area contributed by atoms with Gasteiger partial charge in [-0.05, 0) is 53.5 Å². The van der Waals surface area contributed by atoms with Gasteiger partial charge in [-0.2, -0.15) is 0 Å². The number of amidine groups is 1. The number of hydrogen-bond acceptors (Lipinski definition) is 7. The van der Waals surface area contributed by atoms with Crippen molar-refractivity contribution in [2.45, 2.75) is 25.0 Å². The second kappa shape index (κ2) is 14.5. The van der Waals surface area contributed by atoms with Crippen molar-refractivity contribution >= 4 is 51.7 Å². The smallest absolute Gasteiger partial charge is 0.347 e. The first-order chi connectivity index (χ1) is 21.2. The molecule has 0 radical (unpaired) electrons. The van der Waals surface area contributed by atoms with E-state index in [1.807, 2.05) is 23.2 Å². The zero-order valence-electron chi connectivity index (χ0n) is 24.4. The number of amides is 1. The highest BCUT2D eigenvalue weighted by Crippen LogP contribution is 2.29. The Balaban J connectivity index is 1.20. The molecule has 0 spiro atoms. The molecule has 1 saturated heterocycles. The fraction of sp³-hybridized carbons (Fsp3) is 0.312. The molecule has 1 fully saturated rings. The Morgan fingerprint density at radius 2 is 1.80 bits per heavy atom. The zero-order valence-corrected chi connectivity index (χ0v) is 26.7. The molecule has 0 atom stereocenters. The molecule has 230 valence electrons. The first-order valence-electron chi connectivity index (χ1n) is 14.3. The molecule has 44 heavy (non-hydrogen) atoms. The van der Waals surface area contributed by atoms with Crippen LogP contribution >= 0.6 is 35.0 Å². The number of carbonyl (C=O) groups is 1. The van der Waals surface area contributed by atoms with Gasteiger partial charge in [-0.1, -0.05) is 53.7 Å². The minimum atomic E-state index is -0.315. The maximum atomic E-state index is 13.4. The number of rotatable bonds is 9. The summed E-state index contributed by atoms with van der Waals surface area (Å²) < 4.78 is 14.9. The number of carbonyl (C=O) groups excluding carboxylic acids is 1. The van der Waals surface area contributed by atoms with Gasteiger partial charge in [-0.15, -0.1) is 0 Å². The van der Waals surface area contributed by atoms with E-state index in [9.17, 15) is 14.0 Å². The van der Waals surface area contributed by atoms with Gasteiger partial charge >= 0.3 is 5.69 Å². The van der Waals surface area contributed by atoms with Crippen LogP contribution in [0.5, 0.6) is 0 Å². The quantitative estimate of drug-likeness (QED) is 0.286. The third-order valence-corrected chi connectivity index (χ3v) is 9.33. The number of nitrogens with zero attached hydrogens (tertiary/aromatic N) is 6. The Morgan fingerprint density at radius 3 is 2.50 bits per heavy atom. The van der Waals surface area contributed by atoms with Gasteiger partial charge in [0.05, 0.1) is 15.7 Å². The van der Waals surface area contributed by atoms with Crippen molar-refractivity contribution in [1.82, 2.24) is 19.4 Å². The van der Waals surface area contributed by atoms with E-state index in [4.69, 9.17) is 28.2 Å². The number of aliphatic imine (C=N–C) groups is 1. The largest absolute Gasteiger partial charge is 0.368 e. The highest BCUT2D eigenvalue weighted by atomic mass is 35.5. The van der Waals surface area contributed by atoms with E-state index < -0.39 is 0 Å². The third-order valence-electron chi connectivity index (χ3n) is 7.53. The van der Waals surface area contributed by atoms with E-state index in [1.165, 1.54) is 28.5 Å². The standard InChI is InChI=1S/C32H33Cl2FN6O2S/c1-22-25(16-24-18-36-31(43)38(2)19-24)20-41(32(37-22)44-21-23-5-7-26(35)8-6-23)11-3-4-30(42)40-14-12-39(13-15-40)27-9-10-28(33)29(34)17-27/h5-10,17-20H,1,3-4,11-16,21H2,2H3. The Bertz CT molecular complexity index is 1650. The molecule has 12 heteroatoms. The molecule has 0 aliphatic carbocycles. The average Bonchev–Trinajstić information content (AvgIpc) is 3.01. The van der Waals surface area contributed by atoms with Gasteiger partial charge in [0, 0.05) is 82.6 Å². The van der Waals surface area contributed by atoms with Gasteiger partial charge < -0.3 is 19.3 Å². The predicted molar refractivity (Wildman–Crippen MR) is 177 cm³/mol. The topological polar surface area (TPSA) is 74.0 Å². The Labute approximate surface area is 270 Å². The summed E-state index contributed by atoms with van der Waals surface area (Å²) in [6.07, 6.45) is 6.92. The number of allylic oxidation sites excluding steroid dienone is 1. The van der Waals surface area contributed by atoms with Crippen LogP contribution in [0.3, 0.4) is 0 Å². The summed E-state index contributed by atoms with van der Waals surface area (Å²) in [6, 6.07) is 12.0. The van der Waals surface area contributed by atoms with Crippen LogP contribution in [-0.4, -0.2) is 63.1 Å².